The van der Waals surface area contributed by atoms with E-state index in [1.165, 1.54) is 6.07 Å². The molecule has 0 aliphatic carbocycles. The predicted octanol–water partition coefficient (Wildman–Crippen LogP) is 7.44. The largest absolute Gasteiger partial charge is 0.343 e. The van der Waals surface area contributed by atoms with Crippen molar-refractivity contribution in [2.75, 3.05) is 11.1 Å². The smallest absolute Gasteiger partial charge is 0.257 e. The molecule has 1 amide bonds. The lowest BCUT2D eigenvalue weighted by Gasteiger charge is -2.13. The van der Waals surface area contributed by atoms with Crippen LogP contribution in [0.2, 0.25) is 5.02 Å². The second kappa shape index (κ2) is 10.7. The van der Waals surface area contributed by atoms with Crippen molar-refractivity contribution in [3.8, 4) is 11.3 Å². The number of para-hydroxylation sites is 1. The molecular weight excluding hydrogens is 455 g/mol. The summed E-state index contributed by atoms with van der Waals surface area (Å²) < 4.78 is 16.2. The molecule has 3 nitrogen and oxygen atoms in total. The van der Waals surface area contributed by atoms with E-state index in [0.29, 0.717) is 28.4 Å². The van der Waals surface area contributed by atoms with Crippen LogP contribution in [0.15, 0.2) is 84.9 Å². The molecule has 0 fully saturated rings. The molecule has 1 N–H and O–H groups in total. The van der Waals surface area contributed by atoms with Crippen LogP contribution in [0.1, 0.15) is 21.6 Å². The van der Waals surface area contributed by atoms with Crippen LogP contribution < -0.4 is 5.32 Å². The third-order valence-corrected chi connectivity index (χ3v) is 6.80. The molecule has 0 spiro atoms. The number of amides is 1. The number of aromatic nitrogens is 1. The van der Waals surface area contributed by atoms with E-state index in [9.17, 15) is 9.18 Å². The second-order valence-corrected chi connectivity index (χ2v) is 9.13. The number of carbonyl (C=O) groups excluding carboxylic acids is 1. The SMILES string of the molecule is Cc1c(C(=O)Nc2ccccc2)cc(-c2ccccc2)n1CCSCc1c(F)cccc1Cl. The highest BCUT2D eigenvalue weighted by Crippen LogP contribution is 2.28. The van der Waals surface area contributed by atoms with Crippen molar-refractivity contribution in [3.05, 3.63) is 113 Å². The molecule has 1 heterocycles. The molecule has 4 rings (SSSR count). The Labute approximate surface area is 202 Å². The number of halogens is 2. The number of hydrogen-bond acceptors (Lipinski definition) is 2. The monoisotopic (exact) mass is 478 g/mol. The highest BCUT2D eigenvalue weighted by atomic mass is 35.5. The van der Waals surface area contributed by atoms with Gasteiger partial charge in [-0.05, 0) is 42.8 Å². The molecular formula is C27H24ClFN2OS. The molecule has 0 unspecified atom stereocenters. The summed E-state index contributed by atoms with van der Waals surface area (Å²) in [5.74, 6) is 0.825. The fourth-order valence-corrected chi connectivity index (χ4v) is 4.99. The van der Waals surface area contributed by atoms with Gasteiger partial charge in [0.15, 0.2) is 0 Å². The van der Waals surface area contributed by atoms with Crippen LogP contribution in [0.3, 0.4) is 0 Å². The molecule has 168 valence electrons. The molecule has 3 aromatic carbocycles. The van der Waals surface area contributed by atoms with Crippen molar-refractivity contribution in [2.45, 2.75) is 19.2 Å². The Morgan fingerprint density at radius 2 is 1.70 bits per heavy atom. The highest BCUT2D eigenvalue weighted by Gasteiger charge is 2.19. The Bertz CT molecular complexity index is 1220. The summed E-state index contributed by atoms with van der Waals surface area (Å²) >= 11 is 7.77. The normalized spacial score (nSPS) is 10.9. The number of nitrogens with one attached hydrogen (secondary N) is 1. The van der Waals surface area contributed by atoms with E-state index in [0.717, 1.165) is 28.4 Å². The van der Waals surface area contributed by atoms with E-state index in [4.69, 9.17) is 11.6 Å². The Balaban J connectivity index is 1.55. The summed E-state index contributed by atoms with van der Waals surface area (Å²) in [5.41, 5.74) is 4.84. The van der Waals surface area contributed by atoms with Crippen LogP contribution in [0.5, 0.6) is 0 Å². The third kappa shape index (κ3) is 5.49. The van der Waals surface area contributed by atoms with Gasteiger partial charge in [0, 0.05) is 45.7 Å². The lowest BCUT2D eigenvalue weighted by atomic mass is 10.1. The molecule has 4 aromatic rings. The van der Waals surface area contributed by atoms with Gasteiger partial charge in [-0.3, -0.25) is 4.79 Å². The van der Waals surface area contributed by atoms with Crippen LogP contribution in [-0.4, -0.2) is 16.2 Å². The summed E-state index contributed by atoms with van der Waals surface area (Å²) in [6.07, 6.45) is 0. The number of anilines is 1. The zero-order valence-electron chi connectivity index (χ0n) is 18.2. The Kier molecular flexibility index (Phi) is 7.53. The molecule has 0 aliphatic heterocycles. The standard InChI is InChI=1S/C27H24ClFN2OS/c1-19-22(27(32)30-21-11-6-3-7-12-21)17-26(20-9-4-2-5-10-20)31(19)15-16-33-18-23-24(28)13-8-14-25(23)29/h2-14,17H,15-16,18H2,1H3,(H,30,32). The Morgan fingerprint density at radius 3 is 2.39 bits per heavy atom. The van der Waals surface area contributed by atoms with Gasteiger partial charge in [0.25, 0.3) is 5.91 Å². The number of carbonyl (C=O) groups is 1. The number of rotatable bonds is 8. The summed E-state index contributed by atoms with van der Waals surface area (Å²) in [4.78, 5) is 13.0. The van der Waals surface area contributed by atoms with E-state index in [1.807, 2.05) is 73.7 Å². The maximum Gasteiger partial charge on any atom is 0.257 e. The van der Waals surface area contributed by atoms with Crippen molar-refractivity contribution in [1.82, 2.24) is 4.57 Å². The van der Waals surface area contributed by atoms with Gasteiger partial charge in [-0.25, -0.2) is 4.39 Å². The number of nitrogens with zero attached hydrogens (tertiary/aromatic N) is 1. The van der Waals surface area contributed by atoms with Gasteiger partial charge in [0.05, 0.1) is 5.56 Å². The van der Waals surface area contributed by atoms with E-state index in [1.54, 1.807) is 23.9 Å². The Hall–Kier alpha value is -3.02. The molecule has 6 heteroatoms. The summed E-state index contributed by atoms with van der Waals surface area (Å²) in [5, 5.41) is 3.43. The first kappa shape index (κ1) is 23.1. The quantitative estimate of drug-likeness (QED) is 0.267. The van der Waals surface area contributed by atoms with Crippen LogP contribution in [0.25, 0.3) is 11.3 Å². The first-order valence-electron chi connectivity index (χ1n) is 10.7. The third-order valence-electron chi connectivity index (χ3n) is 5.48. The maximum absolute atomic E-state index is 14.1. The molecule has 0 saturated carbocycles. The first-order valence-corrected chi connectivity index (χ1v) is 12.2. The maximum atomic E-state index is 14.1. The molecule has 33 heavy (non-hydrogen) atoms. The van der Waals surface area contributed by atoms with Gasteiger partial charge >= 0.3 is 0 Å². The topological polar surface area (TPSA) is 34.0 Å². The minimum atomic E-state index is -0.281. The highest BCUT2D eigenvalue weighted by molar-refractivity contribution is 7.98. The number of benzene rings is 3. The zero-order chi connectivity index (χ0) is 23.2. The minimum Gasteiger partial charge on any atom is -0.343 e. The molecule has 0 saturated heterocycles. The molecule has 0 radical (unpaired) electrons. The van der Waals surface area contributed by atoms with Crippen molar-refractivity contribution in [3.63, 3.8) is 0 Å². The van der Waals surface area contributed by atoms with Crippen molar-refractivity contribution in [2.24, 2.45) is 0 Å². The average molecular weight is 479 g/mol. The summed E-state index contributed by atoms with van der Waals surface area (Å²) in [6, 6.07) is 26.2. The van der Waals surface area contributed by atoms with Crippen molar-refractivity contribution in [1.29, 1.82) is 0 Å². The number of thioether (sulfide) groups is 1. The lowest BCUT2D eigenvalue weighted by molar-refractivity contribution is 0.102. The van der Waals surface area contributed by atoms with Crippen molar-refractivity contribution >= 4 is 35.0 Å². The second-order valence-electron chi connectivity index (χ2n) is 7.62. The summed E-state index contributed by atoms with van der Waals surface area (Å²) in [7, 11) is 0. The molecule has 0 bridgehead atoms. The van der Waals surface area contributed by atoms with Gasteiger partial charge < -0.3 is 9.88 Å². The molecule has 1 aromatic heterocycles. The van der Waals surface area contributed by atoms with E-state index >= 15 is 0 Å². The van der Waals surface area contributed by atoms with E-state index in [2.05, 4.69) is 9.88 Å². The Morgan fingerprint density at radius 1 is 1.00 bits per heavy atom. The first-order chi connectivity index (χ1) is 16.0. The van der Waals surface area contributed by atoms with E-state index < -0.39 is 0 Å². The number of hydrogen-bond donors (Lipinski definition) is 1. The molecule has 0 aliphatic rings. The molecule has 0 atom stereocenters. The van der Waals surface area contributed by atoms with Crippen LogP contribution in [-0.2, 0) is 12.3 Å². The van der Waals surface area contributed by atoms with E-state index in [-0.39, 0.29) is 11.7 Å². The minimum absolute atomic E-state index is 0.138. The van der Waals surface area contributed by atoms with Gasteiger partial charge in [0.1, 0.15) is 5.82 Å². The van der Waals surface area contributed by atoms with Crippen LogP contribution in [0.4, 0.5) is 10.1 Å². The van der Waals surface area contributed by atoms with Crippen LogP contribution in [0, 0.1) is 12.7 Å². The van der Waals surface area contributed by atoms with Gasteiger partial charge in [0.2, 0.25) is 0 Å². The average Bonchev–Trinajstić information content (AvgIpc) is 3.16. The predicted molar refractivity (Wildman–Crippen MR) is 137 cm³/mol. The van der Waals surface area contributed by atoms with Gasteiger partial charge in [-0.2, -0.15) is 11.8 Å². The van der Waals surface area contributed by atoms with Crippen molar-refractivity contribution < 1.29 is 9.18 Å². The fraction of sp³-hybridized carbons (Fsp3) is 0.148. The van der Waals surface area contributed by atoms with Gasteiger partial charge in [-0.15, -0.1) is 0 Å². The van der Waals surface area contributed by atoms with Gasteiger partial charge in [-0.1, -0.05) is 66.2 Å². The lowest BCUT2D eigenvalue weighted by Crippen LogP contribution is -2.13. The summed E-state index contributed by atoms with van der Waals surface area (Å²) in [6.45, 7) is 2.65. The van der Waals surface area contributed by atoms with Crippen LogP contribution >= 0.6 is 23.4 Å². The fourth-order valence-electron chi connectivity index (χ4n) is 3.73. The zero-order valence-corrected chi connectivity index (χ0v) is 19.8.